The zero-order valence-electron chi connectivity index (χ0n) is 20.9. The third-order valence-electron chi connectivity index (χ3n) is 10.9. The van der Waals surface area contributed by atoms with E-state index in [1.54, 1.807) is 6.08 Å². The van der Waals surface area contributed by atoms with E-state index < -0.39 is 0 Å². The molecule has 182 valence electrons. The minimum atomic E-state index is -0.248. The van der Waals surface area contributed by atoms with Crippen LogP contribution < -0.4 is 0 Å². The van der Waals surface area contributed by atoms with Crippen LogP contribution >= 0.6 is 0 Å². The van der Waals surface area contributed by atoms with Crippen molar-refractivity contribution in [3.05, 3.63) is 12.2 Å². The molecule has 0 aromatic heterocycles. The average molecular weight is 447 g/mol. The summed E-state index contributed by atoms with van der Waals surface area (Å²) in [6.45, 7) is 11.7. The normalized spacial score (nSPS) is 49.2. The van der Waals surface area contributed by atoms with Gasteiger partial charge in [0, 0.05) is 6.08 Å². The molecule has 0 radical (unpaired) electrons. The number of hydrogen-bond donors (Lipinski definition) is 2. The molecule has 0 spiro atoms. The molecular formula is C28H46O4. The summed E-state index contributed by atoms with van der Waals surface area (Å²) < 4.78 is 5.09. The van der Waals surface area contributed by atoms with Gasteiger partial charge in [0.15, 0.2) is 0 Å². The molecule has 0 amide bonds. The highest BCUT2D eigenvalue weighted by molar-refractivity contribution is 5.81. The van der Waals surface area contributed by atoms with Crippen LogP contribution in [0.15, 0.2) is 12.2 Å². The van der Waals surface area contributed by atoms with Gasteiger partial charge in [-0.15, -0.1) is 0 Å². The molecule has 4 fully saturated rings. The number of aliphatic hydroxyl groups excluding tert-OH is 2. The maximum absolute atomic E-state index is 11.9. The first kappa shape index (κ1) is 24.3. The van der Waals surface area contributed by atoms with Gasteiger partial charge in [-0.25, -0.2) is 4.79 Å². The molecule has 0 saturated heterocycles. The maximum Gasteiger partial charge on any atom is 0.330 e. The van der Waals surface area contributed by atoms with Crippen LogP contribution in [0.3, 0.4) is 0 Å². The second-order valence-corrected chi connectivity index (χ2v) is 12.1. The van der Waals surface area contributed by atoms with Crippen molar-refractivity contribution in [3.63, 3.8) is 0 Å². The molecule has 2 N–H and O–H groups in total. The molecule has 0 bridgehead atoms. The third kappa shape index (κ3) is 3.78. The quantitative estimate of drug-likeness (QED) is 0.440. The van der Waals surface area contributed by atoms with Crippen molar-refractivity contribution in [2.45, 2.75) is 98.2 Å². The van der Waals surface area contributed by atoms with Gasteiger partial charge in [-0.3, -0.25) is 0 Å². The first-order valence-electron chi connectivity index (χ1n) is 13.4. The molecule has 4 saturated carbocycles. The molecule has 11 atom stereocenters. The van der Waals surface area contributed by atoms with Gasteiger partial charge in [0.2, 0.25) is 0 Å². The van der Waals surface area contributed by atoms with Crippen LogP contribution in [0.5, 0.6) is 0 Å². The van der Waals surface area contributed by atoms with Crippen LogP contribution in [0.25, 0.3) is 0 Å². The maximum atomic E-state index is 11.9. The van der Waals surface area contributed by atoms with Crippen molar-refractivity contribution >= 4 is 5.97 Å². The Morgan fingerprint density at radius 1 is 1.03 bits per heavy atom. The van der Waals surface area contributed by atoms with E-state index in [4.69, 9.17) is 4.74 Å². The second-order valence-electron chi connectivity index (χ2n) is 12.1. The van der Waals surface area contributed by atoms with Crippen LogP contribution in [-0.2, 0) is 9.53 Å². The van der Waals surface area contributed by atoms with Crippen LogP contribution in [0.4, 0.5) is 0 Å². The van der Waals surface area contributed by atoms with Gasteiger partial charge in [0.05, 0.1) is 18.8 Å². The van der Waals surface area contributed by atoms with Crippen LogP contribution in [-0.4, -0.2) is 35.0 Å². The smallest absolute Gasteiger partial charge is 0.330 e. The molecular weight excluding hydrogens is 400 g/mol. The molecule has 0 aliphatic heterocycles. The summed E-state index contributed by atoms with van der Waals surface area (Å²) in [4.78, 5) is 11.9. The number of ether oxygens (including phenoxy) is 1. The summed E-state index contributed by atoms with van der Waals surface area (Å²) >= 11 is 0. The van der Waals surface area contributed by atoms with Gasteiger partial charge in [0.25, 0.3) is 0 Å². The lowest BCUT2D eigenvalue weighted by Crippen LogP contribution is -2.62. The summed E-state index contributed by atoms with van der Waals surface area (Å²) in [5.74, 6) is 2.89. The monoisotopic (exact) mass is 446 g/mol. The first-order chi connectivity index (χ1) is 15.2. The Morgan fingerprint density at radius 3 is 2.41 bits per heavy atom. The van der Waals surface area contributed by atoms with Crippen molar-refractivity contribution in [1.82, 2.24) is 0 Å². The number of allylic oxidation sites excluding steroid dienone is 1. The summed E-state index contributed by atoms with van der Waals surface area (Å²) in [6, 6.07) is 0. The van der Waals surface area contributed by atoms with E-state index in [0.29, 0.717) is 48.0 Å². The Kier molecular flexibility index (Phi) is 6.87. The fourth-order valence-corrected chi connectivity index (χ4v) is 9.42. The summed E-state index contributed by atoms with van der Waals surface area (Å²) in [5.41, 5.74) is 0.467. The summed E-state index contributed by atoms with van der Waals surface area (Å²) in [7, 11) is 0. The summed E-state index contributed by atoms with van der Waals surface area (Å²) in [6.07, 6.45) is 11.9. The van der Waals surface area contributed by atoms with Crippen LogP contribution in [0.2, 0.25) is 0 Å². The lowest BCUT2D eigenvalue weighted by atomic mass is 9.41. The lowest BCUT2D eigenvalue weighted by molar-refractivity contribution is -0.202. The number of rotatable bonds is 5. The SMILES string of the molecule is CCOC(=O)/C=C/[C@@H](C)[C@H]1CCC2C3C(CC[C@@]21C)[C@@]1(C)CC[C@@H](O)C[C@H]1[C@@H](CC)[C@H]3O. The predicted molar refractivity (Wildman–Crippen MR) is 127 cm³/mol. The predicted octanol–water partition coefficient (Wildman–Crippen LogP) is 5.37. The average Bonchev–Trinajstić information content (AvgIpc) is 3.11. The molecule has 3 unspecified atom stereocenters. The Bertz CT molecular complexity index is 718. The van der Waals surface area contributed by atoms with Gasteiger partial charge in [-0.1, -0.05) is 40.2 Å². The Hall–Kier alpha value is -0.870. The number of aliphatic hydroxyl groups is 2. The van der Waals surface area contributed by atoms with Gasteiger partial charge in [0.1, 0.15) is 0 Å². The van der Waals surface area contributed by atoms with Crippen molar-refractivity contribution < 1.29 is 19.7 Å². The molecule has 0 aromatic carbocycles. The lowest BCUT2D eigenvalue weighted by Gasteiger charge is -2.64. The zero-order chi connectivity index (χ0) is 23.3. The molecule has 4 rings (SSSR count). The minimum Gasteiger partial charge on any atom is -0.463 e. The van der Waals surface area contributed by atoms with Crippen LogP contribution in [0, 0.1) is 52.3 Å². The van der Waals surface area contributed by atoms with E-state index >= 15 is 0 Å². The number of hydrogen-bond acceptors (Lipinski definition) is 4. The van der Waals surface area contributed by atoms with Crippen LogP contribution in [0.1, 0.15) is 86.0 Å². The fourth-order valence-electron chi connectivity index (χ4n) is 9.42. The Balaban J connectivity index is 1.59. The van der Waals surface area contributed by atoms with Crippen molar-refractivity contribution in [3.8, 4) is 0 Å². The molecule has 0 aromatic rings. The van der Waals surface area contributed by atoms with Gasteiger partial charge >= 0.3 is 5.97 Å². The Labute approximate surface area is 195 Å². The van der Waals surface area contributed by atoms with Gasteiger partial charge in [-0.05, 0) is 104 Å². The standard InChI is InChI=1S/C28H46O4/c1-6-19-23-16-18(29)12-14-28(23,5)22-13-15-27(4)20(9-10-21(27)25(22)26(19)31)17(3)8-11-24(30)32-7-2/h8,11,17-23,25-26,29,31H,6-7,9-10,12-16H2,1-5H3/b11-8+/t17-,18-,19-,20-,21?,22?,23+,25?,26-,27-,28-/m1/s1. The van der Waals surface area contributed by atoms with E-state index in [9.17, 15) is 15.0 Å². The molecule has 4 aliphatic rings. The number of carbonyl (C=O) groups excluding carboxylic acids is 1. The molecule has 4 heteroatoms. The minimum absolute atomic E-state index is 0.192. The third-order valence-corrected chi connectivity index (χ3v) is 10.9. The first-order valence-corrected chi connectivity index (χ1v) is 13.4. The fraction of sp³-hybridized carbons (Fsp3) is 0.893. The van der Waals surface area contributed by atoms with Gasteiger partial charge < -0.3 is 14.9 Å². The summed E-state index contributed by atoms with van der Waals surface area (Å²) in [5, 5.41) is 22.2. The molecule has 4 aliphatic carbocycles. The highest BCUT2D eigenvalue weighted by Gasteiger charge is 2.64. The number of esters is 1. The van der Waals surface area contributed by atoms with Gasteiger partial charge in [-0.2, -0.15) is 0 Å². The highest BCUT2D eigenvalue weighted by atomic mass is 16.5. The van der Waals surface area contributed by atoms with Crippen molar-refractivity contribution in [1.29, 1.82) is 0 Å². The molecule has 0 heterocycles. The molecule has 32 heavy (non-hydrogen) atoms. The van der Waals surface area contributed by atoms with E-state index in [1.807, 2.05) is 6.92 Å². The van der Waals surface area contributed by atoms with E-state index in [0.717, 1.165) is 25.7 Å². The highest BCUT2D eigenvalue weighted by Crippen LogP contribution is 2.69. The van der Waals surface area contributed by atoms with E-state index in [-0.39, 0.29) is 29.0 Å². The second kappa shape index (κ2) is 9.06. The zero-order valence-corrected chi connectivity index (χ0v) is 20.9. The largest absolute Gasteiger partial charge is 0.463 e. The van der Waals surface area contributed by atoms with Crippen molar-refractivity contribution in [2.24, 2.45) is 52.3 Å². The van der Waals surface area contributed by atoms with E-state index in [1.165, 1.54) is 25.7 Å². The Morgan fingerprint density at radius 2 is 1.72 bits per heavy atom. The molecule has 4 nitrogen and oxygen atoms in total. The number of carbonyl (C=O) groups is 1. The van der Waals surface area contributed by atoms with Crippen molar-refractivity contribution in [2.75, 3.05) is 6.61 Å². The topological polar surface area (TPSA) is 66.8 Å². The van der Waals surface area contributed by atoms with E-state index in [2.05, 4.69) is 33.8 Å². The number of fused-ring (bicyclic) bond motifs is 5.